The van der Waals surface area contributed by atoms with Gasteiger partial charge in [0.2, 0.25) is 0 Å². The minimum Gasteiger partial charge on any atom is -0.432 e. The van der Waals surface area contributed by atoms with Crippen molar-refractivity contribution in [1.82, 2.24) is 4.98 Å². The Morgan fingerprint density at radius 3 is 2.71 bits per heavy atom. The molecule has 1 aromatic heterocycles. The van der Waals surface area contributed by atoms with Gasteiger partial charge in [-0.25, -0.2) is 8.78 Å². The van der Waals surface area contributed by atoms with Gasteiger partial charge in [-0.05, 0) is 12.1 Å². The van der Waals surface area contributed by atoms with Gasteiger partial charge in [0.05, 0.1) is 0 Å². The van der Waals surface area contributed by atoms with Gasteiger partial charge < -0.3 is 10.2 Å². The molecule has 0 amide bonds. The second-order valence-corrected chi connectivity index (χ2v) is 2.67. The van der Waals surface area contributed by atoms with Crippen molar-refractivity contribution in [3.63, 3.8) is 0 Å². The molecule has 0 saturated carbocycles. The summed E-state index contributed by atoms with van der Waals surface area (Å²) in [5.74, 6) is -1.88. The lowest BCUT2D eigenvalue weighted by atomic mass is 10.1. The molecule has 0 saturated heterocycles. The molecular weight excluding hydrogens is 190 g/mol. The number of nitrogen functional groups attached to an aromatic ring is 1. The molecule has 1 aromatic carbocycles. The van der Waals surface area contributed by atoms with E-state index in [-0.39, 0.29) is 17.3 Å². The molecular formula is C9H6F2N2O. The van der Waals surface area contributed by atoms with Gasteiger partial charge in [0.1, 0.15) is 12.0 Å². The van der Waals surface area contributed by atoms with E-state index in [1.165, 1.54) is 18.4 Å². The maximum Gasteiger partial charge on any atom is 0.292 e. The molecule has 0 radical (unpaired) electrons. The summed E-state index contributed by atoms with van der Waals surface area (Å²) in [5, 5.41) is 0. The van der Waals surface area contributed by atoms with E-state index < -0.39 is 11.6 Å². The number of hydrogen-bond acceptors (Lipinski definition) is 3. The van der Waals surface area contributed by atoms with Crippen LogP contribution in [0, 0.1) is 11.6 Å². The molecule has 0 aliphatic heterocycles. The average Bonchev–Trinajstić information content (AvgIpc) is 2.57. The molecule has 2 N–H and O–H groups in total. The van der Waals surface area contributed by atoms with E-state index in [9.17, 15) is 8.78 Å². The third-order valence-corrected chi connectivity index (χ3v) is 1.75. The quantitative estimate of drug-likeness (QED) is 0.760. The van der Waals surface area contributed by atoms with Crippen molar-refractivity contribution in [3.8, 4) is 11.3 Å². The lowest BCUT2D eigenvalue weighted by Gasteiger charge is -1.98. The first-order valence-corrected chi connectivity index (χ1v) is 3.84. The average molecular weight is 196 g/mol. The molecule has 0 unspecified atom stereocenters. The molecule has 2 aromatic rings. The molecule has 0 aliphatic carbocycles. The highest BCUT2D eigenvalue weighted by atomic mass is 19.2. The van der Waals surface area contributed by atoms with Crippen LogP contribution in [0.1, 0.15) is 0 Å². The zero-order chi connectivity index (χ0) is 10.1. The van der Waals surface area contributed by atoms with E-state index in [4.69, 9.17) is 10.2 Å². The van der Waals surface area contributed by atoms with Crippen LogP contribution in [0.2, 0.25) is 0 Å². The number of anilines is 1. The van der Waals surface area contributed by atoms with Crippen LogP contribution in [0.25, 0.3) is 11.3 Å². The molecule has 0 spiro atoms. The van der Waals surface area contributed by atoms with Crippen LogP contribution < -0.4 is 5.73 Å². The highest BCUT2D eigenvalue weighted by Crippen LogP contribution is 2.23. The van der Waals surface area contributed by atoms with Crippen molar-refractivity contribution in [2.75, 3.05) is 5.73 Å². The Hall–Kier alpha value is -1.91. The molecule has 0 bridgehead atoms. The fourth-order valence-electron chi connectivity index (χ4n) is 1.11. The third kappa shape index (κ3) is 1.32. The Balaban J connectivity index is 2.57. The number of halogens is 2. The Bertz CT molecular complexity index is 468. The number of nitrogens with zero attached hydrogens (tertiary/aromatic N) is 1. The predicted octanol–water partition coefficient (Wildman–Crippen LogP) is 2.20. The van der Waals surface area contributed by atoms with Crippen LogP contribution in [-0.2, 0) is 0 Å². The van der Waals surface area contributed by atoms with Crippen LogP contribution in [0.5, 0.6) is 0 Å². The van der Waals surface area contributed by atoms with E-state index in [2.05, 4.69) is 4.98 Å². The summed E-state index contributed by atoms with van der Waals surface area (Å²) in [5.41, 5.74) is 5.42. The van der Waals surface area contributed by atoms with Crippen LogP contribution in [0.15, 0.2) is 28.9 Å². The van der Waals surface area contributed by atoms with E-state index in [0.717, 1.165) is 6.07 Å². The highest BCUT2D eigenvalue weighted by Gasteiger charge is 2.12. The normalized spacial score (nSPS) is 10.4. The minimum absolute atomic E-state index is 0.0328. The summed E-state index contributed by atoms with van der Waals surface area (Å²) in [6, 6.07) is 3.74. The van der Waals surface area contributed by atoms with Gasteiger partial charge in [-0.15, -0.1) is 0 Å². The SMILES string of the molecule is Nc1nc(-c2cccc(F)c2F)co1. The highest BCUT2D eigenvalue weighted by molar-refractivity contribution is 5.59. The zero-order valence-electron chi connectivity index (χ0n) is 7.00. The fourth-order valence-corrected chi connectivity index (χ4v) is 1.11. The Morgan fingerprint density at radius 1 is 1.29 bits per heavy atom. The Kier molecular flexibility index (Phi) is 1.92. The standard InChI is InChI=1S/C9H6F2N2O/c10-6-3-1-2-5(8(6)11)7-4-14-9(12)13-7/h1-4H,(H2,12,13). The van der Waals surface area contributed by atoms with Gasteiger partial charge in [-0.1, -0.05) is 6.07 Å². The van der Waals surface area contributed by atoms with Crippen molar-refractivity contribution in [2.24, 2.45) is 0 Å². The lowest BCUT2D eigenvalue weighted by Crippen LogP contribution is -1.89. The van der Waals surface area contributed by atoms with Gasteiger partial charge in [0.15, 0.2) is 11.6 Å². The number of aromatic nitrogens is 1. The second-order valence-electron chi connectivity index (χ2n) is 2.67. The second kappa shape index (κ2) is 3.10. The first-order valence-electron chi connectivity index (χ1n) is 3.84. The molecule has 5 heteroatoms. The van der Waals surface area contributed by atoms with Gasteiger partial charge in [0.25, 0.3) is 6.01 Å². The van der Waals surface area contributed by atoms with Crippen molar-refractivity contribution in [1.29, 1.82) is 0 Å². The third-order valence-electron chi connectivity index (χ3n) is 1.75. The largest absolute Gasteiger partial charge is 0.432 e. The van der Waals surface area contributed by atoms with E-state index in [0.29, 0.717) is 0 Å². The van der Waals surface area contributed by atoms with Crippen molar-refractivity contribution >= 4 is 6.01 Å². The van der Waals surface area contributed by atoms with Crippen LogP contribution >= 0.6 is 0 Å². The molecule has 14 heavy (non-hydrogen) atoms. The van der Waals surface area contributed by atoms with Gasteiger partial charge in [-0.2, -0.15) is 4.98 Å². The van der Waals surface area contributed by atoms with Crippen molar-refractivity contribution in [2.45, 2.75) is 0 Å². The number of hydrogen-bond donors (Lipinski definition) is 1. The lowest BCUT2D eigenvalue weighted by molar-refractivity contribution is 0.511. The summed E-state index contributed by atoms with van der Waals surface area (Å²) in [4.78, 5) is 3.69. The molecule has 2 rings (SSSR count). The molecule has 0 aliphatic rings. The van der Waals surface area contributed by atoms with Crippen molar-refractivity contribution in [3.05, 3.63) is 36.1 Å². The summed E-state index contributed by atoms with van der Waals surface area (Å²) in [6.45, 7) is 0. The maximum absolute atomic E-state index is 13.2. The van der Waals surface area contributed by atoms with Gasteiger partial charge >= 0.3 is 0 Å². The number of benzene rings is 1. The molecule has 72 valence electrons. The number of rotatable bonds is 1. The van der Waals surface area contributed by atoms with Crippen LogP contribution in [-0.4, -0.2) is 4.98 Å². The van der Waals surface area contributed by atoms with E-state index >= 15 is 0 Å². The molecule has 1 heterocycles. The van der Waals surface area contributed by atoms with Crippen molar-refractivity contribution < 1.29 is 13.2 Å². The first-order chi connectivity index (χ1) is 6.68. The smallest absolute Gasteiger partial charge is 0.292 e. The molecule has 0 atom stereocenters. The summed E-state index contributed by atoms with van der Waals surface area (Å²) in [6.07, 6.45) is 1.17. The topological polar surface area (TPSA) is 52.0 Å². The summed E-state index contributed by atoms with van der Waals surface area (Å²) >= 11 is 0. The Morgan fingerprint density at radius 2 is 2.07 bits per heavy atom. The van der Waals surface area contributed by atoms with Crippen LogP contribution in [0.4, 0.5) is 14.8 Å². The van der Waals surface area contributed by atoms with Gasteiger partial charge in [-0.3, -0.25) is 0 Å². The van der Waals surface area contributed by atoms with Gasteiger partial charge in [0, 0.05) is 5.56 Å². The Labute approximate surface area is 78.2 Å². The fraction of sp³-hybridized carbons (Fsp3) is 0. The molecule has 0 fully saturated rings. The minimum atomic E-state index is -0.958. The predicted molar refractivity (Wildman–Crippen MR) is 46.3 cm³/mol. The van der Waals surface area contributed by atoms with E-state index in [1.807, 2.05) is 0 Å². The molecule has 3 nitrogen and oxygen atoms in total. The summed E-state index contributed by atoms with van der Waals surface area (Å²) in [7, 11) is 0. The monoisotopic (exact) mass is 196 g/mol. The first kappa shape index (κ1) is 8.68. The maximum atomic E-state index is 13.2. The number of oxazole rings is 1. The summed E-state index contributed by atoms with van der Waals surface area (Å²) < 4.78 is 30.7. The van der Waals surface area contributed by atoms with Crippen LogP contribution in [0.3, 0.4) is 0 Å². The zero-order valence-corrected chi connectivity index (χ0v) is 7.00. The number of nitrogens with two attached hydrogens (primary N) is 1. The van der Waals surface area contributed by atoms with E-state index in [1.54, 1.807) is 0 Å².